The van der Waals surface area contributed by atoms with Crippen LogP contribution < -0.4 is 9.62 Å². The van der Waals surface area contributed by atoms with Crippen molar-refractivity contribution in [2.75, 3.05) is 24.7 Å². The molecule has 0 unspecified atom stereocenters. The molecule has 0 bridgehead atoms. The molecular weight excluding hydrogens is 559 g/mol. The van der Waals surface area contributed by atoms with Crippen LogP contribution in [0.2, 0.25) is 0 Å². The van der Waals surface area contributed by atoms with Crippen LogP contribution in [0.15, 0.2) is 75.5 Å². The minimum absolute atomic E-state index is 0.195. The first kappa shape index (κ1) is 27.4. The van der Waals surface area contributed by atoms with E-state index < -0.39 is 10.0 Å². The number of carbonyl (C=O) groups excluding carboxylic acids is 1. The Hall–Kier alpha value is -4.77. The lowest BCUT2D eigenvalue weighted by atomic mass is 9.94. The van der Waals surface area contributed by atoms with E-state index in [4.69, 9.17) is 8.83 Å². The Balaban J connectivity index is 1.61. The number of oxazole rings is 1. The van der Waals surface area contributed by atoms with E-state index in [1.54, 1.807) is 36.5 Å². The van der Waals surface area contributed by atoms with Gasteiger partial charge in [-0.3, -0.25) is 9.10 Å². The standard InChI is InChI=1S/C31H27FN4O5S/c1-17-7-8-19(14-21(17)31-35-29-25(41-31)6-5-13-34-29)22-15-23-26(16-24(22)36(3)42(4,38)39)40-28(27(23)30(37)33-2)18-9-11-20(32)12-10-18/h5-9,11,13-16H,10,12H2,1-4H3,(H,33,37). The fourth-order valence-electron chi connectivity index (χ4n) is 5.08. The molecule has 2 aromatic carbocycles. The summed E-state index contributed by atoms with van der Waals surface area (Å²) >= 11 is 0. The van der Waals surface area contributed by atoms with Gasteiger partial charge in [0, 0.05) is 49.3 Å². The lowest BCUT2D eigenvalue weighted by molar-refractivity contribution is 0.0963. The minimum Gasteiger partial charge on any atom is -0.455 e. The van der Waals surface area contributed by atoms with Crippen molar-refractivity contribution in [1.29, 1.82) is 0 Å². The normalized spacial score (nSPS) is 13.7. The molecule has 1 aliphatic rings. The number of fused-ring (bicyclic) bond motifs is 2. The van der Waals surface area contributed by atoms with Gasteiger partial charge in [0.25, 0.3) is 5.91 Å². The van der Waals surface area contributed by atoms with Crippen LogP contribution in [0.4, 0.5) is 10.1 Å². The first-order valence-corrected chi connectivity index (χ1v) is 15.0. The molecule has 0 radical (unpaired) electrons. The molecule has 42 heavy (non-hydrogen) atoms. The number of aromatic nitrogens is 2. The summed E-state index contributed by atoms with van der Waals surface area (Å²) in [5.41, 5.74) is 5.49. The highest BCUT2D eigenvalue weighted by atomic mass is 32.2. The molecule has 3 heterocycles. The second-order valence-corrected chi connectivity index (χ2v) is 12.2. The summed E-state index contributed by atoms with van der Waals surface area (Å²) in [5, 5.41) is 3.17. The fourth-order valence-corrected chi connectivity index (χ4v) is 5.59. The lowest BCUT2D eigenvalue weighted by Gasteiger charge is -2.21. The SMILES string of the molecule is CNC(=O)c1c(C2=CC=C(F)CC2)oc2cc(N(C)S(C)(=O)=O)c(-c3ccc(C)c(-c4nc5ncccc5o4)c3)cc12. The Morgan fingerprint density at radius 1 is 1.05 bits per heavy atom. The zero-order chi connectivity index (χ0) is 29.8. The van der Waals surface area contributed by atoms with Gasteiger partial charge in [-0.2, -0.15) is 4.98 Å². The molecule has 0 aliphatic heterocycles. The van der Waals surface area contributed by atoms with Gasteiger partial charge in [0.1, 0.15) is 17.2 Å². The van der Waals surface area contributed by atoms with E-state index in [2.05, 4.69) is 15.3 Å². The molecule has 9 nitrogen and oxygen atoms in total. The van der Waals surface area contributed by atoms with E-state index in [0.29, 0.717) is 73.8 Å². The van der Waals surface area contributed by atoms with Crippen LogP contribution in [-0.4, -0.2) is 44.6 Å². The quantitative estimate of drug-likeness (QED) is 0.245. The topological polar surface area (TPSA) is 119 Å². The first-order valence-electron chi connectivity index (χ1n) is 13.2. The maximum Gasteiger partial charge on any atom is 0.255 e. The van der Waals surface area contributed by atoms with E-state index >= 15 is 0 Å². The molecule has 1 aliphatic carbocycles. The molecule has 11 heteroatoms. The molecule has 3 aromatic heterocycles. The van der Waals surface area contributed by atoms with Crippen LogP contribution in [0.1, 0.15) is 34.5 Å². The molecule has 6 rings (SSSR count). The summed E-state index contributed by atoms with van der Waals surface area (Å²) in [6, 6.07) is 12.6. The van der Waals surface area contributed by atoms with Gasteiger partial charge < -0.3 is 14.2 Å². The van der Waals surface area contributed by atoms with Gasteiger partial charge >= 0.3 is 0 Å². The second kappa shape index (κ2) is 10.3. The average molecular weight is 587 g/mol. The van der Waals surface area contributed by atoms with Gasteiger partial charge in [-0.15, -0.1) is 0 Å². The third-order valence-corrected chi connectivity index (χ3v) is 8.62. The molecule has 0 fully saturated rings. The van der Waals surface area contributed by atoms with Crippen molar-refractivity contribution in [1.82, 2.24) is 15.3 Å². The summed E-state index contributed by atoms with van der Waals surface area (Å²) < 4.78 is 52.6. The van der Waals surface area contributed by atoms with E-state index in [1.165, 1.54) is 24.5 Å². The number of allylic oxidation sites excluding steroid dienone is 4. The minimum atomic E-state index is -3.68. The second-order valence-electron chi connectivity index (χ2n) is 10.2. The van der Waals surface area contributed by atoms with Crippen LogP contribution in [0, 0.1) is 6.92 Å². The van der Waals surface area contributed by atoms with Crippen LogP contribution >= 0.6 is 0 Å². The zero-order valence-corrected chi connectivity index (χ0v) is 24.2. The lowest BCUT2D eigenvalue weighted by Crippen LogP contribution is -2.25. The molecule has 1 N–H and O–H groups in total. The Kier molecular flexibility index (Phi) is 6.69. The van der Waals surface area contributed by atoms with Crippen LogP contribution in [0.3, 0.4) is 0 Å². The van der Waals surface area contributed by atoms with Gasteiger partial charge in [-0.25, -0.2) is 17.8 Å². The molecule has 0 spiro atoms. The molecule has 5 aromatic rings. The number of rotatable bonds is 6. The highest BCUT2D eigenvalue weighted by Crippen LogP contribution is 2.42. The third kappa shape index (κ3) is 4.75. The van der Waals surface area contributed by atoms with Gasteiger partial charge in [-0.1, -0.05) is 18.2 Å². The highest BCUT2D eigenvalue weighted by molar-refractivity contribution is 7.92. The monoisotopic (exact) mass is 586 g/mol. The maximum absolute atomic E-state index is 13.8. The predicted octanol–water partition coefficient (Wildman–Crippen LogP) is 6.40. The van der Waals surface area contributed by atoms with E-state index in [0.717, 1.165) is 11.8 Å². The van der Waals surface area contributed by atoms with E-state index in [-0.39, 0.29) is 18.2 Å². The number of nitrogens with one attached hydrogen (secondary N) is 1. The van der Waals surface area contributed by atoms with Crippen molar-refractivity contribution in [3.63, 3.8) is 0 Å². The Morgan fingerprint density at radius 3 is 2.55 bits per heavy atom. The summed E-state index contributed by atoms with van der Waals surface area (Å²) in [5.74, 6) is 0.0733. The van der Waals surface area contributed by atoms with Crippen molar-refractivity contribution in [2.24, 2.45) is 0 Å². The van der Waals surface area contributed by atoms with Gasteiger partial charge in [0.05, 0.1) is 17.5 Å². The van der Waals surface area contributed by atoms with Gasteiger partial charge in [0.2, 0.25) is 15.9 Å². The number of furan rings is 1. The highest BCUT2D eigenvalue weighted by Gasteiger charge is 2.27. The van der Waals surface area contributed by atoms with Crippen molar-refractivity contribution >= 4 is 49.4 Å². The Labute approximate surface area is 241 Å². The van der Waals surface area contributed by atoms with Crippen molar-refractivity contribution < 1.29 is 26.4 Å². The van der Waals surface area contributed by atoms with E-state index in [1.807, 2.05) is 25.1 Å². The first-order chi connectivity index (χ1) is 20.0. The molecule has 0 atom stereocenters. The van der Waals surface area contributed by atoms with Crippen LogP contribution in [-0.2, 0) is 10.0 Å². The average Bonchev–Trinajstić information content (AvgIpc) is 3.57. The fraction of sp³-hybridized carbons (Fsp3) is 0.194. The number of halogens is 1. The number of nitrogens with zero attached hydrogens (tertiary/aromatic N) is 3. The largest absolute Gasteiger partial charge is 0.455 e. The summed E-state index contributed by atoms with van der Waals surface area (Å²) in [7, 11) is -0.699. The number of hydrogen-bond acceptors (Lipinski definition) is 7. The number of pyridine rings is 1. The van der Waals surface area contributed by atoms with Crippen molar-refractivity contribution in [3.8, 4) is 22.6 Å². The maximum atomic E-state index is 13.8. The molecule has 0 saturated heterocycles. The smallest absolute Gasteiger partial charge is 0.255 e. The number of benzene rings is 2. The summed E-state index contributed by atoms with van der Waals surface area (Å²) in [6.45, 7) is 1.93. The summed E-state index contributed by atoms with van der Waals surface area (Å²) in [4.78, 5) is 22.0. The number of aryl methyl sites for hydroxylation is 1. The van der Waals surface area contributed by atoms with Crippen LogP contribution in [0.5, 0.6) is 0 Å². The van der Waals surface area contributed by atoms with Gasteiger partial charge in [-0.05, 0) is 60.4 Å². The van der Waals surface area contributed by atoms with Crippen LogP contribution in [0.25, 0.3) is 50.4 Å². The number of sulfonamides is 1. The molecule has 1 amide bonds. The molecule has 214 valence electrons. The van der Waals surface area contributed by atoms with Gasteiger partial charge in [0.15, 0.2) is 11.2 Å². The van der Waals surface area contributed by atoms with Crippen molar-refractivity contribution in [2.45, 2.75) is 19.8 Å². The zero-order valence-electron chi connectivity index (χ0n) is 23.4. The number of amides is 1. The number of hydrogen-bond donors (Lipinski definition) is 1. The molecule has 0 saturated carbocycles. The Morgan fingerprint density at radius 2 is 1.86 bits per heavy atom. The van der Waals surface area contributed by atoms with Crippen molar-refractivity contribution in [3.05, 3.63) is 83.5 Å². The Bertz CT molecular complexity index is 2040. The van der Waals surface area contributed by atoms with E-state index in [9.17, 15) is 17.6 Å². The summed E-state index contributed by atoms with van der Waals surface area (Å²) in [6.07, 6.45) is 6.28. The third-order valence-electron chi connectivity index (χ3n) is 7.43. The number of carbonyl (C=O) groups is 1. The predicted molar refractivity (Wildman–Crippen MR) is 160 cm³/mol. The number of anilines is 1. The molecular formula is C31H27FN4O5S.